The lowest BCUT2D eigenvalue weighted by molar-refractivity contribution is -0.114. The summed E-state index contributed by atoms with van der Waals surface area (Å²) in [4.78, 5) is 0. The highest BCUT2D eigenvalue weighted by molar-refractivity contribution is 7.79. The average Bonchev–Trinajstić information content (AvgIpc) is 2.68. The second-order valence-corrected chi connectivity index (χ2v) is 11.4. The van der Waals surface area contributed by atoms with Crippen molar-refractivity contribution in [1.82, 2.24) is 0 Å². The Kier molecular flexibility index (Phi) is 4.17. The molecule has 5 rings (SSSR count). The van der Waals surface area contributed by atoms with Gasteiger partial charge in [0.05, 0.1) is 0 Å². The summed E-state index contributed by atoms with van der Waals surface area (Å²) in [7, 11) is -2.80. The van der Waals surface area contributed by atoms with Crippen LogP contribution in [0.5, 0.6) is 0 Å². The predicted octanol–water partition coefficient (Wildman–Crippen LogP) is 4.04. The van der Waals surface area contributed by atoms with E-state index in [1.807, 2.05) is 60.7 Å². The molecule has 0 amide bonds. The summed E-state index contributed by atoms with van der Waals surface area (Å²) in [5, 5.41) is 12.1. The van der Waals surface area contributed by atoms with E-state index in [1.165, 1.54) is 6.42 Å². The molecule has 0 aromatic heterocycles. The van der Waals surface area contributed by atoms with Gasteiger partial charge in [0, 0.05) is 22.9 Å². The van der Waals surface area contributed by atoms with Gasteiger partial charge in [-0.1, -0.05) is 74.5 Å². The van der Waals surface area contributed by atoms with Gasteiger partial charge in [-0.3, -0.25) is 0 Å². The maximum Gasteiger partial charge on any atom is 0.146 e. The van der Waals surface area contributed by atoms with E-state index >= 15 is 0 Å². The molecule has 0 saturated heterocycles. The maximum atomic E-state index is 14.6. The van der Waals surface area contributed by atoms with Crippen LogP contribution in [0.2, 0.25) is 0 Å². The first-order chi connectivity index (χ1) is 12.0. The van der Waals surface area contributed by atoms with Crippen molar-refractivity contribution in [3.05, 3.63) is 60.7 Å². The average molecular weight is 354 g/mol. The van der Waals surface area contributed by atoms with Gasteiger partial charge in [-0.2, -0.15) is 0 Å². The summed E-state index contributed by atoms with van der Waals surface area (Å²) < 4.78 is 14.6. The lowest BCUT2D eigenvalue weighted by Gasteiger charge is -2.63. The molecule has 0 spiro atoms. The Morgan fingerprint density at radius 3 is 1.92 bits per heavy atom. The van der Waals surface area contributed by atoms with Crippen LogP contribution in [0.3, 0.4) is 0 Å². The largest absolute Gasteiger partial charge is 0.396 e. The zero-order valence-electron chi connectivity index (χ0n) is 15.0. The number of benzene rings is 2. The molecule has 0 aliphatic heterocycles. The van der Waals surface area contributed by atoms with Crippen LogP contribution in [0.25, 0.3) is 0 Å². The summed E-state index contributed by atoms with van der Waals surface area (Å²) in [6, 6.07) is 19.9. The third-order valence-electron chi connectivity index (χ3n) is 7.04. The predicted molar refractivity (Wildman–Crippen MR) is 104 cm³/mol. The van der Waals surface area contributed by atoms with Crippen LogP contribution >= 0.6 is 7.14 Å². The minimum atomic E-state index is -2.80. The molecule has 25 heavy (non-hydrogen) atoms. The Labute approximate surface area is 150 Å². The molecule has 132 valence electrons. The van der Waals surface area contributed by atoms with Crippen molar-refractivity contribution in [3.63, 3.8) is 0 Å². The molecule has 0 unspecified atom stereocenters. The first-order valence-corrected chi connectivity index (χ1v) is 11.1. The molecular formula is C22H27O2P. The van der Waals surface area contributed by atoms with Crippen molar-refractivity contribution in [3.8, 4) is 0 Å². The molecule has 3 aliphatic rings. The standard InChI is InChI=1S/C22H27O2P/c1-22(2)16-13-20(22)19(15-23)21(14-16)25(24,17-9-5-3-6-10-17)18-11-7-4-8-12-18/h3-12,16,19-21,23H,13-15H2,1-2H3/t16-,19+,20+,21-/m0/s1. The van der Waals surface area contributed by atoms with Gasteiger partial charge < -0.3 is 9.67 Å². The number of hydrogen-bond acceptors (Lipinski definition) is 2. The zero-order valence-corrected chi connectivity index (χ0v) is 15.9. The number of aliphatic hydroxyl groups excluding tert-OH is 1. The van der Waals surface area contributed by atoms with E-state index in [2.05, 4.69) is 13.8 Å². The highest BCUT2D eigenvalue weighted by Gasteiger charge is 2.61. The molecule has 2 aromatic rings. The fourth-order valence-electron chi connectivity index (χ4n) is 5.42. The summed E-state index contributed by atoms with van der Waals surface area (Å²) in [5.41, 5.74) is 0.307. The van der Waals surface area contributed by atoms with E-state index in [4.69, 9.17) is 0 Å². The van der Waals surface area contributed by atoms with Gasteiger partial charge in [-0.05, 0) is 36.0 Å². The van der Waals surface area contributed by atoms with Crippen LogP contribution < -0.4 is 10.6 Å². The van der Waals surface area contributed by atoms with E-state index in [-0.39, 0.29) is 23.6 Å². The molecule has 0 heterocycles. The van der Waals surface area contributed by atoms with Gasteiger partial charge in [0.1, 0.15) is 7.14 Å². The van der Waals surface area contributed by atoms with Gasteiger partial charge in [0.15, 0.2) is 0 Å². The molecule has 2 bridgehead atoms. The molecule has 4 atom stereocenters. The van der Waals surface area contributed by atoms with Crippen LogP contribution in [-0.2, 0) is 4.57 Å². The van der Waals surface area contributed by atoms with Crippen molar-refractivity contribution < 1.29 is 9.67 Å². The quantitative estimate of drug-likeness (QED) is 0.842. The van der Waals surface area contributed by atoms with Crippen LogP contribution in [0, 0.1) is 23.2 Å². The Hall–Kier alpha value is -1.37. The highest BCUT2D eigenvalue weighted by atomic mass is 31.2. The number of hydrogen-bond donors (Lipinski definition) is 1. The Bertz CT molecular complexity index is 741. The molecule has 3 fully saturated rings. The van der Waals surface area contributed by atoms with Crippen molar-refractivity contribution in [1.29, 1.82) is 0 Å². The third kappa shape index (κ3) is 2.46. The van der Waals surface area contributed by atoms with Crippen LogP contribution in [-0.4, -0.2) is 17.4 Å². The lowest BCUT2D eigenvalue weighted by Crippen LogP contribution is -2.59. The third-order valence-corrected chi connectivity index (χ3v) is 10.7. The van der Waals surface area contributed by atoms with Gasteiger partial charge >= 0.3 is 0 Å². The van der Waals surface area contributed by atoms with Crippen LogP contribution in [0.15, 0.2) is 60.7 Å². The molecule has 3 saturated carbocycles. The normalized spacial score (nSPS) is 30.5. The van der Waals surface area contributed by atoms with Crippen molar-refractivity contribution in [2.75, 3.05) is 6.61 Å². The van der Waals surface area contributed by atoms with E-state index in [0.717, 1.165) is 17.0 Å². The number of rotatable bonds is 4. The van der Waals surface area contributed by atoms with Gasteiger partial charge in [-0.25, -0.2) is 0 Å². The van der Waals surface area contributed by atoms with Crippen molar-refractivity contribution in [2.24, 2.45) is 23.2 Å². The number of fused-ring (bicyclic) bond motifs is 2. The molecule has 3 heteroatoms. The fourth-order valence-corrected chi connectivity index (χ4v) is 9.10. The first-order valence-electron chi connectivity index (χ1n) is 9.31. The minimum absolute atomic E-state index is 0.0408. The Morgan fingerprint density at radius 1 is 0.960 bits per heavy atom. The minimum Gasteiger partial charge on any atom is -0.396 e. The van der Waals surface area contributed by atoms with E-state index in [0.29, 0.717) is 11.8 Å². The SMILES string of the molecule is CC1(C)[C@H]2C[C@@H]1[C@@H](CO)[C@@H](P(=O)(c1ccccc1)c1ccccc1)C2. The van der Waals surface area contributed by atoms with Crippen molar-refractivity contribution in [2.45, 2.75) is 32.3 Å². The van der Waals surface area contributed by atoms with Gasteiger partial charge in [0.2, 0.25) is 0 Å². The van der Waals surface area contributed by atoms with E-state index in [1.54, 1.807) is 0 Å². The van der Waals surface area contributed by atoms with Gasteiger partial charge in [-0.15, -0.1) is 0 Å². The van der Waals surface area contributed by atoms with Crippen molar-refractivity contribution >= 4 is 17.8 Å². The Morgan fingerprint density at radius 2 is 1.48 bits per heavy atom. The number of aliphatic hydroxyl groups is 1. The van der Waals surface area contributed by atoms with E-state index in [9.17, 15) is 9.67 Å². The van der Waals surface area contributed by atoms with Gasteiger partial charge in [0.25, 0.3) is 0 Å². The monoisotopic (exact) mass is 354 g/mol. The summed E-state index contributed by atoms with van der Waals surface area (Å²) >= 11 is 0. The smallest absolute Gasteiger partial charge is 0.146 e. The zero-order chi connectivity index (χ0) is 17.7. The summed E-state index contributed by atoms with van der Waals surface area (Å²) in [6.45, 7) is 4.77. The summed E-state index contributed by atoms with van der Waals surface area (Å²) in [5.74, 6) is 1.21. The lowest BCUT2D eigenvalue weighted by atomic mass is 9.45. The van der Waals surface area contributed by atoms with Crippen LogP contribution in [0.4, 0.5) is 0 Å². The fraction of sp³-hybridized carbons (Fsp3) is 0.455. The van der Waals surface area contributed by atoms with E-state index < -0.39 is 7.14 Å². The Balaban J connectivity index is 1.84. The second kappa shape index (κ2) is 6.11. The first kappa shape index (κ1) is 17.1. The molecule has 1 N–H and O–H groups in total. The molecule has 2 aromatic carbocycles. The molecule has 2 nitrogen and oxygen atoms in total. The summed E-state index contributed by atoms with van der Waals surface area (Å²) in [6.07, 6.45) is 2.13. The second-order valence-electron chi connectivity index (χ2n) is 8.34. The van der Waals surface area contributed by atoms with Crippen LogP contribution in [0.1, 0.15) is 26.7 Å². The highest BCUT2D eigenvalue weighted by Crippen LogP contribution is 2.68. The molecule has 3 aliphatic carbocycles. The molecular weight excluding hydrogens is 327 g/mol. The maximum absolute atomic E-state index is 14.6. The molecule has 0 radical (unpaired) electrons. The topological polar surface area (TPSA) is 37.3 Å².